The van der Waals surface area contributed by atoms with E-state index in [1.807, 2.05) is 24.9 Å². The van der Waals surface area contributed by atoms with E-state index in [0.717, 1.165) is 28.5 Å². The molecule has 2 aromatic heterocycles. The third-order valence-electron chi connectivity index (χ3n) is 10.4. The van der Waals surface area contributed by atoms with E-state index < -0.39 is 5.41 Å². The molecule has 0 fully saturated rings. The summed E-state index contributed by atoms with van der Waals surface area (Å²) in [6, 6.07) is 51.6. The zero-order valence-corrected chi connectivity index (χ0v) is 28.0. The summed E-state index contributed by atoms with van der Waals surface area (Å²) in [5, 5.41) is 2.39. The van der Waals surface area contributed by atoms with Crippen LogP contribution in [0.2, 0.25) is 0 Å². The average Bonchev–Trinajstić information content (AvgIpc) is 3.73. The molecule has 1 aliphatic heterocycles. The molecule has 0 atom stereocenters. The van der Waals surface area contributed by atoms with E-state index in [4.69, 9.17) is 9.97 Å². The molecule has 4 heteroatoms. The summed E-state index contributed by atoms with van der Waals surface area (Å²) >= 11 is 1.89. The fourth-order valence-corrected chi connectivity index (χ4v) is 9.56. The monoisotopic (exact) mass is 645 g/mol. The van der Waals surface area contributed by atoms with Crippen molar-refractivity contribution in [3.05, 3.63) is 186 Å². The zero-order chi connectivity index (χ0) is 32.7. The van der Waals surface area contributed by atoms with Crippen molar-refractivity contribution >= 4 is 22.5 Å². The Hall–Kier alpha value is -5.71. The number of pyridine rings is 1. The second kappa shape index (κ2) is 10.6. The third-order valence-corrected chi connectivity index (χ3v) is 11.6. The predicted molar refractivity (Wildman–Crippen MR) is 201 cm³/mol. The van der Waals surface area contributed by atoms with E-state index in [0.29, 0.717) is 0 Å². The van der Waals surface area contributed by atoms with Gasteiger partial charge < -0.3 is 0 Å². The normalized spacial score (nSPS) is 13.6. The molecule has 0 amide bonds. The lowest BCUT2D eigenvalue weighted by Gasteiger charge is -2.40. The molecular weight excluding hydrogens is 615 g/mol. The summed E-state index contributed by atoms with van der Waals surface area (Å²) < 4.78 is 2.20. The van der Waals surface area contributed by atoms with Gasteiger partial charge in [0.1, 0.15) is 5.82 Å². The van der Waals surface area contributed by atoms with Crippen molar-refractivity contribution in [1.82, 2.24) is 14.5 Å². The summed E-state index contributed by atoms with van der Waals surface area (Å²) in [7, 11) is 0. The summed E-state index contributed by atoms with van der Waals surface area (Å²) in [4.78, 5) is 12.2. The van der Waals surface area contributed by atoms with E-state index >= 15 is 0 Å². The van der Waals surface area contributed by atoms with Gasteiger partial charge in [0.15, 0.2) is 0 Å². The second-order valence-electron chi connectivity index (χ2n) is 13.0. The number of aromatic nitrogens is 3. The standard InChI is InChI=1S/C45H31N3S/c1-28-19-21-31(29(2)47-28)44-46-25-26-48(44)41-23-22-32(33-11-3-4-14-36(33)41)30-20-24-43-40(27-30)45(39-17-9-10-18-42(39)49-43)37-15-7-5-12-34(37)35-13-6-8-16-38(35)45/h3-27H,1-2H3. The maximum atomic E-state index is 4.81. The molecule has 6 aromatic carbocycles. The predicted octanol–water partition coefficient (Wildman–Crippen LogP) is 11.2. The van der Waals surface area contributed by atoms with Gasteiger partial charge >= 0.3 is 0 Å². The lowest BCUT2D eigenvalue weighted by atomic mass is 9.67. The summed E-state index contributed by atoms with van der Waals surface area (Å²) in [5.74, 6) is 0.896. The number of hydrogen-bond acceptors (Lipinski definition) is 3. The average molecular weight is 646 g/mol. The summed E-state index contributed by atoms with van der Waals surface area (Å²) in [6.45, 7) is 4.09. The van der Waals surface area contributed by atoms with Gasteiger partial charge in [-0.05, 0) is 100 Å². The molecule has 1 spiro atoms. The number of nitrogens with zero attached hydrogens (tertiary/aromatic N) is 3. The maximum absolute atomic E-state index is 4.81. The first kappa shape index (κ1) is 28.3. The molecule has 0 radical (unpaired) electrons. The number of benzene rings is 6. The minimum atomic E-state index is -0.401. The van der Waals surface area contributed by atoms with Crippen LogP contribution in [0.1, 0.15) is 33.6 Å². The molecule has 8 aromatic rings. The van der Waals surface area contributed by atoms with Crippen molar-refractivity contribution in [2.45, 2.75) is 29.1 Å². The van der Waals surface area contributed by atoms with Crippen LogP contribution in [-0.2, 0) is 5.41 Å². The Morgan fingerprint density at radius 2 is 1.20 bits per heavy atom. The van der Waals surface area contributed by atoms with Gasteiger partial charge in [-0.15, -0.1) is 0 Å². The highest BCUT2D eigenvalue weighted by Crippen LogP contribution is 2.62. The Bertz CT molecular complexity index is 2580. The molecule has 0 N–H and O–H groups in total. The van der Waals surface area contributed by atoms with Gasteiger partial charge in [-0.1, -0.05) is 115 Å². The van der Waals surface area contributed by atoms with Crippen LogP contribution in [0.3, 0.4) is 0 Å². The quantitative estimate of drug-likeness (QED) is 0.192. The van der Waals surface area contributed by atoms with Crippen molar-refractivity contribution in [3.63, 3.8) is 0 Å². The molecule has 1 aliphatic carbocycles. The van der Waals surface area contributed by atoms with Crippen molar-refractivity contribution in [1.29, 1.82) is 0 Å². The van der Waals surface area contributed by atoms with Crippen LogP contribution >= 0.6 is 11.8 Å². The Morgan fingerprint density at radius 3 is 1.98 bits per heavy atom. The second-order valence-corrected chi connectivity index (χ2v) is 14.1. The van der Waals surface area contributed by atoms with Gasteiger partial charge in [0.2, 0.25) is 0 Å². The first-order chi connectivity index (χ1) is 24.1. The number of imidazole rings is 1. The summed E-state index contributed by atoms with van der Waals surface area (Å²) in [6.07, 6.45) is 3.94. The molecule has 0 saturated heterocycles. The molecule has 49 heavy (non-hydrogen) atoms. The minimum Gasteiger partial charge on any atom is -0.299 e. The van der Waals surface area contributed by atoms with Crippen molar-refractivity contribution < 1.29 is 0 Å². The van der Waals surface area contributed by atoms with Crippen molar-refractivity contribution in [2.24, 2.45) is 0 Å². The molecule has 10 rings (SSSR count). The molecule has 3 heterocycles. The van der Waals surface area contributed by atoms with Crippen LogP contribution in [0, 0.1) is 13.8 Å². The van der Waals surface area contributed by atoms with E-state index in [2.05, 4.69) is 157 Å². The topological polar surface area (TPSA) is 30.7 Å². The van der Waals surface area contributed by atoms with Crippen molar-refractivity contribution in [3.8, 4) is 39.3 Å². The zero-order valence-electron chi connectivity index (χ0n) is 27.2. The highest BCUT2D eigenvalue weighted by molar-refractivity contribution is 7.99. The number of aryl methyl sites for hydroxylation is 2. The fraction of sp³-hybridized carbons (Fsp3) is 0.0667. The third kappa shape index (κ3) is 3.98. The van der Waals surface area contributed by atoms with Gasteiger partial charge in [-0.2, -0.15) is 0 Å². The van der Waals surface area contributed by atoms with E-state index in [9.17, 15) is 0 Å². The molecule has 232 valence electrons. The van der Waals surface area contributed by atoms with Gasteiger partial charge in [0.05, 0.1) is 11.1 Å². The fourth-order valence-electron chi connectivity index (χ4n) is 8.39. The molecular formula is C45H31N3S. The highest BCUT2D eigenvalue weighted by atomic mass is 32.2. The molecule has 0 saturated carbocycles. The smallest absolute Gasteiger partial charge is 0.146 e. The number of rotatable bonds is 3. The molecule has 3 nitrogen and oxygen atoms in total. The Kier molecular flexibility index (Phi) is 6.15. The molecule has 0 unspecified atom stereocenters. The van der Waals surface area contributed by atoms with E-state index in [1.165, 1.54) is 65.1 Å². The van der Waals surface area contributed by atoms with Gasteiger partial charge in [0.25, 0.3) is 0 Å². The van der Waals surface area contributed by atoms with Crippen LogP contribution in [-0.4, -0.2) is 14.5 Å². The highest BCUT2D eigenvalue weighted by Gasteiger charge is 2.50. The maximum Gasteiger partial charge on any atom is 0.146 e. The van der Waals surface area contributed by atoms with E-state index in [-0.39, 0.29) is 0 Å². The largest absolute Gasteiger partial charge is 0.299 e. The molecule has 0 bridgehead atoms. The SMILES string of the molecule is Cc1ccc(-c2nccn2-c2ccc(-c3ccc4c(c3)C3(c5ccccc5S4)c4ccccc4-c4ccccc43)c3ccccc23)c(C)n1. The van der Waals surface area contributed by atoms with Gasteiger partial charge in [0, 0.05) is 44.5 Å². The Balaban J connectivity index is 1.20. The lowest BCUT2D eigenvalue weighted by molar-refractivity contribution is 0.723. The van der Waals surface area contributed by atoms with Crippen LogP contribution in [0.4, 0.5) is 0 Å². The van der Waals surface area contributed by atoms with Gasteiger partial charge in [-0.25, -0.2) is 4.98 Å². The van der Waals surface area contributed by atoms with Crippen LogP contribution in [0.5, 0.6) is 0 Å². The van der Waals surface area contributed by atoms with Gasteiger partial charge in [-0.3, -0.25) is 9.55 Å². The molecule has 2 aliphatic rings. The minimum absolute atomic E-state index is 0.401. The van der Waals surface area contributed by atoms with Crippen molar-refractivity contribution in [2.75, 3.05) is 0 Å². The number of fused-ring (bicyclic) bond motifs is 10. The number of hydrogen-bond donors (Lipinski definition) is 0. The van der Waals surface area contributed by atoms with Crippen LogP contribution in [0.15, 0.2) is 162 Å². The Morgan fingerprint density at radius 1 is 0.551 bits per heavy atom. The first-order valence-corrected chi connectivity index (χ1v) is 17.6. The van der Waals surface area contributed by atoms with E-state index in [1.54, 1.807) is 0 Å². The van der Waals surface area contributed by atoms with Crippen LogP contribution < -0.4 is 0 Å². The summed E-state index contributed by atoms with van der Waals surface area (Å²) in [5.41, 5.74) is 14.2. The Labute approximate surface area is 290 Å². The van der Waals surface area contributed by atoms with Crippen LogP contribution in [0.25, 0.3) is 50.1 Å². The lowest BCUT2D eigenvalue weighted by Crippen LogP contribution is -2.32. The first-order valence-electron chi connectivity index (χ1n) is 16.7.